The minimum absolute atomic E-state index is 0.112. The van der Waals surface area contributed by atoms with E-state index in [0.717, 1.165) is 6.61 Å². The van der Waals surface area contributed by atoms with E-state index in [2.05, 4.69) is 12.2 Å². The molecule has 2 heteroatoms. The van der Waals surface area contributed by atoms with Gasteiger partial charge in [0.25, 0.3) is 0 Å². The summed E-state index contributed by atoms with van der Waals surface area (Å²) in [7, 11) is 0. The molecule has 0 radical (unpaired) electrons. The number of rotatable bonds is 1. The van der Waals surface area contributed by atoms with E-state index in [0.29, 0.717) is 6.04 Å². The zero-order valence-corrected chi connectivity index (χ0v) is 7.23. The average molecular weight is 155 g/mol. The van der Waals surface area contributed by atoms with Crippen molar-refractivity contribution in [3.63, 3.8) is 0 Å². The Morgan fingerprint density at radius 1 is 1.45 bits per heavy atom. The molecular weight excluding hydrogens is 138 g/mol. The Bertz CT molecular complexity index is 140. The van der Waals surface area contributed by atoms with Crippen LogP contribution in [0, 0.1) is 0 Å². The Kier molecular flexibility index (Phi) is 1.90. The molecule has 1 unspecified atom stereocenters. The summed E-state index contributed by atoms with van der Waals surface area (Å²) in [5.74, 6) is 0. The normalized spacial score (nSPS) is 35.2. The van der Waals surface area contributed by atoms with Crippen LogP contribution in [-0.4, -0.2) is 18.4 Å². The van der Waals surface area contributed by atoms with Gasteiger partial charge >= 0.3 is 0 Å². The lowest BCUT2D eigenvalue weighted by Crippen LogP contribution is -2.41. The van der Waals surface area contributed by atoms with Crippen LogP contribution in [0.3, 0.4) is 0 Å². The summed E-state index contributed by atoms with van der Waals surface area (Å²) in [4.78, 5) is 0. The van der Waals surface area contributed by atoms with Crippen molar-refractivity contribution in [3.05, 3.63) is 0 Å². The summed E-state index contributed by atoms with van der Waals surface area (Å²) in [6, 6.07) is 0.619. The van der Waals surface area contributed by atoms with Crippen LogP contribution >= 0.6 is 0 Å². The van der Waals surface area contributed by atoms with Gasteiger partial charge in [-0.2, -0.15) is 0 Å². The van der Waals surface area contributed by atoms with Gasteiger partial charge in [-0.15, -0.1) is 0 Å². The van der Waals surface area contributed by atoms with Gasteiger partial charge in [0.1, 0.15) is 5.72 Å². The fourth-order valence-electron chi connectivity index (χ4n) is 2.17. The molecule has 2 nitrogen and oxygen atoms in total. The van der Waals surface area contributed by atoms with E-state index in [4.69, 9.17) is 4.74 Å². The SMILES string of the molecule is CCC1COC2(CCCC2)N1. The van der Waals surface area contributed by atoms with Crippen LogP contribution in [0.5, 0.6) is 0 Å². The molecule has 64 valence electrons. The third-order valence-electron chi connectivity index (χ3n) is 2.93. The molecular formula is C9H17NO. The predicted molar refractivity (Wildman–Crippen MR) is 44.4 cm³/mol. The Hall–Kier alpha value is -0.0800. The van der Waals surface area contributed by atoms with Crippen molar-refractivity contribution < 1.29 is 4.74 Å². The fraction of sp³-hybridized carbons (Fsp3) is 1.00. The van der Waals surface area contributed by atoms with Crippen molar-refractivity contribution in [1.82, 2.24) is 5.32 Å². The van der Waals surface area contributed by atoms with Gasteiger partial charge in [-0.3, -0.25) is 5.32 Å². The van der Waals surface area contributed by atoms with Crippen molar-refractivity contribution in [2.24, 2.45) is 0 Å². The Morgan fingerprint density at radius 3 is 2.73 bits per heavy atom. The molecule has 2 fully saturated rings. The summed E-state index contributed by atoms with van der Waals surface area (Å²) in [5.41, 5.74) is 0.112. The van der Waals surface area contributed by atoms with E-state index >= 15 is 0 Å². The first kappa shape index (κ1) is 7.56. The van der Waals surface area contributed by atoms with Crippen LogP contribution in [0.4, 0.5) is 0 Å². The molecule has 1 spiro atoms. The maximum absolute atomic E-state index is 5.79. The number of ether oxygens (including phenoxy) is 1. The quantitative estimate of drug-likeness (QED) is 0.621. The molecule has 0 aromatic carbocycles. The van der Waals surface area contributed by atoms with Crippen LogP contribution in [0.1, 0.15) is 39.0 Å². The van der Waals surface area contributed by atoms with Crippen LogP contribution in [0.15, 0.2) is 0 Å². The fourth-order valence-corrected chi connectivity index (χ4v) is 2.17. The smallest absolute Gasteiger partial charge is 0.119 e. The van der Waals surface area contributed by atoms with Crippen molar-refractivity contribution >= 4 is 0 Å². The summed E-state index contributed by atoms with van der Waals surface area (Å²) in [5, 5.41) is 3.59. The number of hydrogen-bond donors (Lipinski definition) is 1. The first-order valence-corrected chi connectivity index (χ1v) is 4.76. The summed E-state index contributed by atoms with van der Waals surface area (Å²) in [6.45, 7) is 3.14. The highest BCUT2D eigenvalue weighted by Gasteiger charge is 2.40. The van der Waals surface area contributed by atoms with Crippen molar-refractivity contribution in [2.45, 2.75) is 50.8 Å². The molecule has 2 rings (SSSR count). The lowest BCUT2D eigenvalue weighted by Gasteiger charge is -2.22. The second kappa shape index (κ2) is 2.76. The van der Waals surface area contributed by atoms with Gasteiger partial charge in [0.15, 0.2) is 0 Å². The molecule has 1 saturated carbocycles. The maximum atomic E-state index is 5.79. The van der Waals surface area contributed by atoms with Crippen LogP contribution in [0.2, 0.25) is 0 Å². The van der Waals surface area contributed by atoms with Gasteiger partial charge in [0.05, 0.1) is 6.61 Å². The molecule has 0 bridgehead atoms. The minimum atomic E-state index is 0.112. The molecule has 1 N–H and O–H groups in total. The highest BCUT2D eigenvalue weighted by molar-refractivity contribution is 4.91. The molecule has 11 heavy (non-hydrogen) atoms. The summed E-state index contributed by atoms with van der Waals surface area (Å²) >= 11 is 0. The topological polar surface area (TPSA) is 21.3 Å². The predicted octanol–water partition coefficient (Wildman–Crippen LogP) is 1.66. The molecule has 1 saturated heterocycles. The largest absolute Gasteiger partial charge is 0.359 e. The number of nitrogens with one attached hydrogen (secondary N) is 1. The Morgan fingerprint density at radius 2 is 2.18 bits per heavy atom. The molecule has 0 amide bonds. The van der Waals surface area contributed by atoms with Crippen molar-refractivity contribution in [2.75, 3.05) is 6.61 Å². The summed E-state index contributed by atoms with van der Waals surface area (Å²) < 4.78 is 5.79. The van der Waals surface area contributed by atoms with Gasteiger partial charge in [-0.05, 0) is 32.1 Å². The molecule has 0 aromatic rings. The summed E-state index contributed by atoms with van der Waals surface area (Å²) in [6.07, 6.45) is 6.32. The second-order valence-electron chi connectivity index (χ2n) is 3.76. The zero-order valence-electron chi connectivity index (χ0n) is 7.23. The first-order chi connectivity index (χ1) is 5.35. The molecule has 0 aromatic heterocycles. The van der Waals surface area contributed by atoms with Gasteiger partial charge in [0, 0.05) is 6.04 Å². The molecule has 2 aliphatic rings. The second-order valence-corrected chi connectivity index (χ2v) is 3.76. The van der Waals surface area contributed by atoms with Gasteiger partial charge in [-0.1, -0.05) is 6.92 Å². The van der Waals surface area contributed by atoms with Crippen molar-refractivity contribution in [1.29, 1.82) is 0 Å². The van der Waals surface area contributed by atoms with E-state index in [9.17, 15) is 0 Å². The zero-order chi connectivity index (χ0) is 7.73. The third-order valence-corrected chi connectivity index (χ3v) is 2.93. The lowest BCUT2D eigenvalue weighted by atomic mass is 10.1. The van der Waals surface area contributed by atoms with Crippen LogP contribution in [-0.2, 0) is 4.74 Å². The van der Waals surface area contributed by atoms with Crippen LogP contribution in [0.25, 0.3) is 0 Å². The van der Waals surface area contributed by atoms with E-state index in [1.807, 2.05) is 0 Å². The Balaban J connectivity index is 1.96. The van der Waals surface area contributed by atoms with E-state index in [-0.39, 0.29) is 5.72 Å². The van der Waals surface area contributed by atoms with Gasteiger partial charge in [-0.25, -0.2) is 0 Å². The number of hydrogen-bond acceptors (Lipinski definition) is 2. The monoisotopic (exact) mass is 155 g/mol. The van der Waals surface area contributed by atoms with Gasteiger partial charge in [0.2, 0.25) is 0 Å². The molecule has 1 atom stereocenters. The maximum Gasteiger partial charge on any atom is 0.119 e. The third kappa shape index (κ3) is 1.30. The first-order valence-electron chi connectivity index (χ1n) is 4.76. The molecule has 1 aliphatic heterocycles. The van der Waals surface area contributed by atoms with Gasteiger partial charge < -0.3 is 4.74 Å². The minimum Gasteiger partial charge on any atom is -0.359 e. The highest BCUT2D eigenvalue weighted by Crippen LogP contribution is 2.34. The standard InChI is InChI=1S/C9H17NO/c1-2-8-7-11-9(10-8)5-3-4-6-9/h8,10H,2-7H2,1H3. The lowest BCUT2D eigenvalue weighted by molar-refractivity contribution is -0.00358. The molecule has 1 heterocycles. The van der Waals surface area contributed by atoms with Crippen molar-refractivity contribution in [3.8, 4) is 0 Å². The van der Waals surface area contributed by atoms with Crippen LogP contribution < -0.4 is 5.32 Å². The Labute approximate surface area is 68.3 Å². The molecule has 1 aliphatic carbocycles. The highest BCUT2D eigenvalue weighted by atomic mass is 16.5. The van der Waals surface area contributed by atoms with E-state index in [1.54, 1.807) is 0 Å². The average Bonchev–Trinajstić information content (AvgIpc) is 2.62. The van der Waals surface area contributed by atoms with E-state index < -0.39 is 0 Å². The van der Waals surface area contributed by atoms with E-state index in [1.165, 1.54) is 32.1 Å².